The van der Waals surface area contributed by atoms with E-state index in [0.717, 1.165) is 5.56 Å². The Kier molecular flexibility index (Phi) is 5.42. The minimum Gasteiger partial charge on any atom is -0.444 e. The second-order valence-corrected chi connectivity index (χ2v) is 6.63. The predicted octanol–water partition coefficient (Wildman–Crippen LogP) is 3.12. The third-order valence-corrected chi connectivity index (χ3v) is 3.01. The Morgan fingerprint density at radius 3 is 2.25 bits per heavy atom. The molecule has 0 saturated heterocycles. The van der Waals surface area contributed by atoms with Crippen molar-refractivity contribution in [1.82, 2.24) is 5.32 Å². The normalized spacial score (nSPS) is 14.5. The minimum absolute atomic E-state index is 0.314. The molecule has 4 nitrogen and oxygen atoms in total. The van der Waals surface area contributed by atoms with Crippen LogP contribution in [0.2, 0.25) is 5.02 Å². The van der Waals surface area contributed by atoms with Crippen LogP contribution < -0.4 is 11.1 Å². The number of carbonyl (C=O) groups is 1. The zero-order chi connectivity index (χ0) is 15.4. The van der Waals surface area contributed by atoms with Crippen molar-refractivity contribution in [1.29, 1.82) is 0 Å². The summed E-state index contributed by atoms with van der Waals surface area (Å²) in [7, 11) is 0. The SMILES string of the molecule is CC(CN)(Cc1ccc(Cl)cc1)NC(=O)OC(C)(C)C. The highest BCUT2D eigenvalue weighted by Crippen LogP contribution is 2.16. The van der Waals surface area contributed by atoms with Crippen molar-refractivity contribution in [3.8, 4) is 0 Å². The highest BCUT2D eigenvalue weighted by molar-refractivity contribution is 6.30. The van der Waals surface area contributed by atoms with Crippen LogP contribution in [0.4, 0.5) is 4.79 Å². The molecule has 3 N–H and O–H groups in total. The van der Waals surface area contributed by atoms with Gasteiger partial charge in [-0.25, -0.2) is 4.79 Å². The van der Waals surface area contributed by atoms with Gasteiger partial charge in [0.05, 0.1) is 5.54 Å². The van der Waals surface area contributed by atoms with Crippen LogP contribution in [0.5, 0.6) is 0 Å². The molecule has 1 unspecified atom stereocenters. The molecule has 0 bridgehead atoms. The maximum atomic E-state index is 11.9. The van der Waals surface area contributed by atoms with E-state index in [-0.39, 0.29) is 0 Å². The quantitative estimate of drug-likeness (QED) is 0.897. The molecule has 1 aromatic rings. The van der Waals surface area contributed by atoms with Crippen LogP contribution in [0.15, 0.2) is 24.3 Å². The highest BCUT2D eigenvalue weighted by Gasteiger charge is 2.28. The molecule has 20 heavy (non-hydrogen) atoms. The summed E-state index contributed by atoms with van der Waals surface area (Å²) >= 11 is 5.86. The van der Waals surface area contributed by atoms with E-state index in [1.165, 1.54) is 0 Å². The fourth-order valence-electron chi connectivity index (χ4n) is 1.77. The molecule has 5 heteroatoms. The minimum atomic E-state index is -0.559. The van der Waals surface area contributed by atoms with Crippen LogP contribution in [0.1, 0.15) is 33.3 Å². The van der Waals surface area contributed by atoms with Crippen molar-refractivity contribution < 1.29 is 9.53 Å². The van der Waals surface area contributed by atoms with Gasteiger partial charge in [-0.1, -0.05) is 23.7 Å². The molecule has 0 spiro atoms. The van der Waals surface area contributed by atoms with Gasteiger partial charge < -0.3 is 15.8 Å². The van der Waals surface area contributed by atoms with Crippen LogP contribution in [0.3, 0.4) is 0 Å². The molecule has 1 rings (SSSR count). The smallest absolute Gasteiger partial charge is 0.408 e. The lowest BCUT2D eigenvalue weighted by Gasteiger charge is -2.31. The second-order valence-electron chi connectivity index (χ2n) is 6.19. The summed E-state index contributed by atoms with van der Waals surface area (Å²) in [6, 6.07) is 7.49. The number of halogens is 1. The third kappa shape index (κ3) is 5.80. The van der Waals surface area contributed by atoms with Gasteiger partial charge in [0.2, 0.25) is 0 Å². The van der Waals surface area contributed by atoms with Crippen LogP contribution in [-0.2, 0) is 11.2 Å². The number of hydrogen-bond donors (Lipinski definition) is 2. The lowest BCUT2D eigenvalue weighted by atomic mass is 9.93. The number of benzene rings is 1. The number of nitrogens with two attached hydrogens (primary N) is 1. The van der Waals surface area contributed by atoms with E-state index >= 15 is 0 Å². The number of alkyl carbamates (subject to hydrolysis) is 1. The van der Waals surface area contributed by atoms with Gasteiger partial charge in [-0.15, -0.1) is 0 Å². The largest absolute Gasteiger partial charge is 0.444 e. The van der Waals surface area contributed by atoms with E-state index in [2.05, 4.69) is 5.32 Å². The number of carbonyl (C=O) groups excluding carboxylic acids is 1. The molecular formula is C15H23ClN2O2. The van der Waals surface area contributed by atoms with E-state index in [1.807, 2.05) is 52.0 Å². The summed E-state index contributed by atoms with van der Waals surface area (Å²) in [6.07, 6.45) is 0.152. The molecule has 0 aliphatic carbocycles. The van der Waals surface area contributed by atoms with Gasteiger partial charge in [-0.05, 0) is 51.8 Å². The summed E-state index contributed by atoms with van der Waals surface area (Å²) in [5.74, 6) is 0. The molecule has 0 fully saturated rings. The maximum absolute atomic E-state index is 11.9. The molecule has 0 radical (unpaired) electrons. The van der Waals surface area contributed by atoms with E-state index in [9.17, 15) is 4.79 Å². The van der Waals surface area contributed by atoms with Crippen LogP contribution in [-0.4, -0.2) is 23.8 Å². The maximum Gasteiger partial charge on any atom is 0.408 e. The summed E-state index contributed by atoms with van der Waals surface area (Å²) in [5, 5.41) is 3.53. The Labute approximate surface area is 125 Å². The first-order valence-electron chi connectivity index (χ1n) is 6.59. The topological polar surface area (TPSA) is 64.3 Å². The van der Waals surface area contributed by atoms with Gasteiger partial charge in [0.25, 0.3) is 0 Å². The van der Waals surface area contributed by atoms with Gasteiger partial charge >= 0.3 is 6.09 Å². The van der Waals surface area contributed by atoms with Crippen molar-refractivity contribution in [3.63, 3.8) is 0 Å². The number of ether oxygens (including phenoxy) is 1. The lowest BCUT2D eigenvalue weighted by Crippen LogP contribution is -2.54. The van der Waals surface area contributed by atoms with Gasteiger partial charge in [-0.3, -0.25) is 0 Å². The summed E-state index contributed by atoms with van der Waals surface area (Å²) in [4.78, 5) is 11.9. The number of amides is 1. The molecule has 1 atom stereocenters. The summed E-state index contributed by atoms with van der Waals surface area (Å²) in [6.45, 7) is 7.68. The first-order chi connectivity index (χ1) is 9.13. The Hall–Kier alpha value is -1.26. The number of nitrogens with one attached hydrogen (secondary N) is 1. The van der Waals surface area contributed by atoms with Crippen LogP contribution in [0, 0.1) is 0 Å². The molecular weight excluding hydrogens is 276 g/mol. The molecule has 1 amide bonds. The predicted molar refractivity (Wildman–Crippen MR) is 82.0 cm³/mol. The highest BCUT2D eigenvalue weighted by atomic mass is 35.5. The van der Waals surface area contributed by atoms with Crippen molar-refractivity contribution in [2.24, 2.45) is 5.73 Å². The molecule has 0 aromatic heterocycles. The Bertz CT molecular complexity index is 454. The van der Waals surface area contributed by atoms with E-state index in [4.69, 9.17) is 22.1 Å². The first kappa shape index (κ1) is 16.8. The number of hydrogen-bond acceptors (Lipinski definition) is 3. The molecule has 1 aromatic carbocycles. The molecule has 0 aliphatic heterocycles. The molecule has 0 aliphatic rings. The zero-order valence-electron chi connectivity index (χ0n) is 12.5. The van der Waals surface area contributed by atoms with Crippen molar-refractivity contribution in [2.75, 3.05) is 6.54 Å². The third-order valence-electron chi connectivity index (χ3n) is 2.76. The van der Waals surface area contributed by atoms with Crippen molar-refractivity contribution >= 4 is 17.7 Å². The monoisotopic (exact) mass is 298 g/mol. The second kappa shape index (κ2) is 6.46. The van der Waals surface area contributed by atoms with Crippen LogP contribution >= 0.6 is 11.6 Å². The fraction of sp³-hybridized carbons (Fsp3) is 0.533. The van der Waals surface area contributed by atoms with Gasteiger partial charge in [0.15, 0.2) is 0 Å². The Balaban J connectivity index is 2.71. The Morgan fingerprint density at radius 2 is 1.80 bits per heavy atom. The fourth-order valence-corrected chi connectivity index (χ4v) is 1.90. The molecule has 112 valence electrons. The van der Waals surface area contributed by atoms with Gasteiger partial charge in [-0.2, -0.15) is 0 Å². The summed E-state index contributed by atoms with van der Waals surface area (Å²) in [5.41, 5.74) is 5.77. The van der Waals surface area contributed by atoms with Crippen molar-refractivity contribution in [2.45, 2.75) is 45.3 Å². The number of rotatable bonds is 4. The average Bonchev–Trinajstić information content (AvgIpc) is 2.29. The molecule has 0 saturated carbocycles. The standard InChI is InChI=1S/C15H23ClN2O2/c1-14(2,3)20-13(19)18-15(4,10-17)9-11-5-7-12(16)8-6-11/h5-8H,9-10,17H2,1-4H3,(H,18,19). The summed E-state index contributed by atoms with van der Waals surface area (Å²) < 4.78 is 5.27. The van der Waals surface area contributed by atoms with E-state index in [0.29, 0.717) is 18.0 Å². The Morgan fingerprint density at radius 1 is 1.25 bits per heavy atom. The van der Waals surface area contributed by atoms with Gasteiger partial charge in [0.1, 0.15) is 5.60 Å². The average molecular weight is 299 g/mol. The van der Waals surface area contributed by atoms with E-state index < -0.39 is 17.2 Å². The first-order valence-corrected chi connectivity index (χ1v) is 6.97. The van der Waals surface area contributed by atoms with Gasteiger partial charge in [0, 0.05) is 11.6 Å². The zero-order valence-corrected chi connectivity index (χ0v) is 13.3. The van der Waals surface area contributed by atoms with Crippen molar-refractivity contribution in [3.05, 3.63) is 34.9 Å². The lowest BCUT2D eigenvalue weighted by molar-refractivity contribution is 0.0467. The van der Waals surface area contributed by atoms with E-state index in [1.54, 1.807) is 0 Å². The van der Waals surface area contributed by atoms with Crippen LogP contribution in [0.25, 0.3) is 0 Å². The molecule has 0 heterocycles.